The second kappa shape index (κ2) is 9.37. The van der Waals surface area contributed by atoms with Crippen LogP contribution in [0.5, 0.6) is 0 Å². The molecule has 1 aliphatic rings. The average Bonchev–Trinajstić information content (AvgIpc) is 3.13. The Morgan fingerprint density at radius 3 is 2.26 bits per heavy atom. The van der Waals surface area contributed by atoms with Gasteiger partial charge < -0.3 is 10.1 Å². The van der Waals surface area contributed by atoms with Crippen LogP contribution in [0.15, 0.2) is 71.6 Å². The highest BCUT2D eigenvalue weighted by atomic mass is 32.2. The number of amides is 1. The van der Waals surface area contributed by atoms with Crippen molar-refractivity contribution in [2.45, 2.75) is 10.8 Å². The summed E-state index contributed by atoms with van der Waals surface area (Å²) in [5.41, 5.74) is 4.08. The van der Waals surface area contributed by atoms with Crippen molar-refractivity contribution in [2.24, 2.45) is 0 Å². The number of alkyl carbamates (subject to hydrolysis) is 1. The molecule has 0 aliphatic heterocycles. The first-order valence-electron chi connectivity index (χ1n) is 10.3. The third-order valence-corrected chi connectivity index (χ3v) is 6.59. The standard InChI is InChI=1S/C25H20N2O6S/c1-34(31,32)18-13-12-17(24(15-18)27(29)30)7-6-14-26-25(28)33-16-23-21-10-4-2-8-19(21)20-9-3-5-11-22(20)23/h2-5,8-13,15,23H,14,16H2,1H3,(H,26,28). The highest BCUT2D eigenvalue weighted by Gasteiger charge is 2.28. The summed E-state index contributed by atoms with van der Waals surface area (Å²) in [7, 11) is -3.59. The molecule has 1 aliphatic carbocycles. The fourth-order valence-corrected chi connectivity index (χ4v) is 4.55. The first kappa shape index (κ1) is 23.0. The summed E-state index contributed by atoms with van der Waals surface area (Å²) < 4.78 is 28.7. The summed E-state index contributed by atoms with van der Waals surface area (Å²) in [4.78, 5) is 22.6. The van der Waals surface area contributed by atoms with Crippen LogP contribution in [-0.2, 0) is 14.6 Å². The van der Waals surface area contributed by atoms with E-state index < -0.39 is 26.5 Å². The molecular weight excluding hydrogens is 456 g/mol. The van der Waals surface area contributed by atoms with E-state index in [1.54, 1.807) is 0 Å². The molecule has 4 rings (SSSR count). The molecule has 0 atom stereocenters. The summed E-state index contributed by atoms with van der Waals surface area (Å²) in [6, 6.07) is 19.5. The first-order chi connectivity index (χ1) is 16.3. The van der Waals surface area contributed by atoms with E-state index in [2.05, 4.69) is 17.2 Å². The minimum Gasteiger partial charge on any atom is -0.449 e. The van der Waals surface area contributed by atoms with E-state index >= 15 is 0 Å². The summed E-state index contributed by atoms with van der Waals surface area (Å²) in [6.07, 6.45) is 0.313. The quantitative estimate of drug-likeness (QED) is 0.339. The van der Waals surface area contributed by atoms with Crippen molar-refractivity contribution in [2.75, 3.05) is 19.4 Å². The minimum atomic E-state index is -3.59. The van der Waals surface area contributed by atoms with Gasteiger partial charge in [-0.1, -0.05) is 60.4 Å². The maximum Gasteiger partial charge on any atom is 0.407 e. The van der Waals surface area contributed by atoms with E-state index in [0.717, 1.165) is 34.6 Å². The highest BCUT2D eigenvalue weighted by molar-refractivity contribution is 7.90. The molecule has 0 spiro atoms. The van der Waals surface area contributed by atoms with Crippen molar-refractivity contribution < 1.29 is 22.9 Å². The van der Waals surface area contributed by atoms with Gasteiger partial charge in [-0.05, 0) is 34.4 Å². The van der Waals surface area contributed by atoms with Gasteiger partial charge in [0.2, 0.25) is 0 Å². The maximum atomic E-state index is 12.2. The van der Waals surface area contributed by atoms with Crippen LogP contribution in [0.3, 0.4) is 0 Å². The second-order valence-electron chi connectivity index (χ2n) is 7.69. The van der Waals surface area contributed by atoms with Crippen LogP contribution in [0.4, 0.5) is 10.5 Å². The third-order valence-electron chi connectivity index (χ3n) is 5.48. The summed E-state index contributed by atoms with van der Waals surface area (Å²) >= 11 is 0. The zero-order valence-corrected chi connectivity index (χ0v) is 19.0. The molecule has 3 aromatic carbocycles. The lowest BCUT2D eigenvalue weighted by Gasteiger charge is -2.14. The Bertz CT molecular complexity index is 1410. The van der Waals surface area contributed by atoms with Crippen LogP contribution in [0.2, 0.25) is 0 Å². The van der Waals surface area contributed by atoms with Crippen LogP contribution in [0.25, 0.3) is 11.1 Å². The Labute approximate surface area is 196 Å². The lowest BCUT2D eigenvalue weighted by Crippen LogP contribution is -2.26. The molecule has 34 heavy (non-hydrogen) atoms. The van der Waals surface area contributed by atoms with Crippen molar-refractivity contribution in [3.05, 3.63) is 93.5 Å². The molecule has 0 bridgehead atoms. The molecule has 3 aromatic rings. The maximum absolute atomic E-state index is 12.2. The number of hydrogen-bond acceptors (Lipinski definition) is 6. The van der Waals surface area contributed by atoms with Crippen molar-refractivity contribution >= 4 is 21.6 Å². The van der Waals surface area contributed by atoms with Crippen LogP contribution in [0.1, 0.15) is 22.6 Å². The van der Waals surface area contributed by atoms with Gasteiger partial charge in [-0.25, -0.2) is 13.2 Å². The number of nitrogens with zero attached hydrogens (tertiary/aromatic N) is 1. The summed E-state index contributed by atoms with van der Waals surface area (Å²) in [5.74, 6) is 5.16. The molecule has 1 N–H and O–H groups in total. The molecular formula is C25H20N2O6S. The molecule has 0 radical (unpaired) electrons. The highest BCUT2D eigenvalue weighted by Crippen LogP contribution is 2.44. The molecule has 8 nitrogen and oxygen atoms in total. The minimum absolute atomic E-state index is 0.0479. The number of hydrogen-bond donors (Lipinski definition) is 1. The predicted molar refractivity (Wildman–Crippen MR) is 126 cm³/mol. The van der Waals surface area contributed by atoms with E-state index in [-0.39, 0.29) is 29.5 Å². The zero-order valence-electron chi connectivity index (χ0n) is 18.1. The summed E-state index contributed by atoms with van der Waals surface area (Å²) in [5, 5.41) is 13.8. The van der Waals surface area contributed by atoms with E-state index in [4.69, 9.17) is 4.74 Å². The monoisotopic (exact) mass is 476 g/mol. The van der Waals surface area contributed by atoms with E-state index in [0.29, 0.717) is 0 Å². The van der Waals surface area contributed by atoms with Gasteiger partial charge in [-0.3, -0.25) is 10.1 Å². The molecule has 1 amide bonds. The Balaban J connectivity index is 1.38. The van der Waals surface area contributed by atoms with Gasteiger partial charge in [-0.15, -0.1) is 0 Å². The Hall–Kier alpha value is -4.16. The first-order valence-corrected chi connectivity index (χ1v) is 12.2. The van der Waals surface area contributed by atoms with Crippen molar-refractivity contribution in [3.63, 3.8) is 0 Å². The molecule has 0 aromatic heterocycles. The van der Waals surface area contributed by atoms with Crippen LogP contribution in [0, 0.1) is 22.0 Å². The molecule has 0 saturated carbocycles. The number of fused-ring (bicyclic) bond motifs is 3. The van der Waals surface area contributed by atoms with E-state index in [9.17, 15) is 23.3 Å². The fourth-order valence-electron chi connectivity index (χ4n) is 3.90. The topological polar surface area (TPSA) is 116 Å². The van der Waals surface area contributed by atoms with Crippen molar-refractivity contribution in [1.82, 2.24) is 5.32 Å². The Kier molecular flexibility index (Phi) is 6.34. The van der Waals surface area contributed by atoms with Gasteiger partial charge in [0.25, 0.3) is 5.69 Å². The smallest absolute Gasteiger partial charge is 0.407 e. The molecule has 0 saturated heterocycles. The average molecular weight is 477 g/mol. The number of ether oxygens (including phenoxy) is 1. The van der Waals surface area contributed by atoms with Gasteiger partial charge in [0.15, 0.2) is 9.84 Å². The number of nitro benzene ring substituents is 1. The van der Waals surface area contributed by atoms with Gasteiger partial charge in [0.05, 0.1) is 16.4 Å². The Morgan fingerprint density at radius 2 is 1.68 bits per heavy atom. The van der Waals surface area contributed by atoms with Gasteiger partial charge in [0.1, 0.15) is 12.2 Å². The van der Waals surface area contributed by atoms with Crippen LogP contribution < -0.4 is 5.32 Å². The van der Waals surface area contributed by atoms with Crippen molar-refractivity contribution in [1.29, 1.82) is 0 Å². The normalized spacial score (nSPS) is 12.1. The lowest BCUT2D eigenvalue weighted by molar-refractivity contribution is -0.385. The third kappa shape index (κ3) is 4.77. The van der Waals surface area contributed by atoms with Gasteiger partial charge in [-0.2, -0.15) is 0 Å². The number of benzene rings is 3. The molecule has 172 valence electrons. The van der Waals surface area contributed by atoms with Gasteiger partial charge in [0, 0.05) is 18.2 Å². The van der Waals surface area contributed by atoms with Gasteiger partial charge >= 0.3 is 6.09 Å². The molecule has 0 heterocycles. The predicted octanol–water partition coefficient (Wildman–Crippen LogP) is 3.89. The number of sulfone groups is 1. The number of nitro groups is 1. The van der Waals surface area contributed by atoms with Crippen LogP contribution in [-0.4, -0.2) is 38.8 Å². The summed E-state index contributed by atoms with van der Waals surface area (Å²) in [6.45, 7) is 0.0629. The zero-order chi connectivity index (χ0) is 24.3. The lowest BCUT2D eigenvalue weighted by atomic mass is 9.98. The fraction of sp³-hybridized carbons (Fsp3) is 0.160. The molecule has 0 fully saturated rings. The van der Waals surface area contributed by atoms with E-state index in [1.807, 2.05) is 48.5 Å². The van der Waals surface area contributed by atoms with Crippen molar-refractivity contribution in [3.8, 4) is 23.0 Å². The largest absolute Gasteiger partial charge is 0.449 e. The van der Waals surface area contributed by atoms with E-state index in [1.165, 1.54) is 12.1 Å². The molecule has 9 heteroatoms. The number of rotatable bonds is 5. The number of carbonyl (C=O) groups excluding carboxylic acids is 1. The second-order valence-corrected chi connectivity index (χ2v) is 9.70. The Morgan fingerprint density at radius 1 is 1.06 bits per heavy atom. The number of nitrogens with one attached hydrogen (secondary N) is 1. The number of carbonyl (C=O) groups is 1. The molecule has 0 unspecified atom stereocenters. The van der Waals surface area contributed by atoms with Crippen LogP contribution >= 0.6 is 0 Å². The SMILES string of the molecule is CS(=O)(=O)c1ccc(C#CCNC(=O)OCC2c3ccccc3-c3ccccc32)c([N+](=O)[O-])c1.